The van der Waals surface area contributed by atoms with Gasteiger partial charge in [-0.25, -0.2) is 0 Å². The Kier molecular flexibility index (Phi) is 4.48. The molecule has 17 heavy (non-hydrogen) atoms. The Morgan fingerprint density at radius 1 is 1.06 bits per heavy atom. The highest BCUT2D eigenvalue weighted by Gasteiger charge is 2.27. The predicted octanol–water partition coefficient (Wildman–Crippen LogP) is 3.03. The highest BCUT2D eigenvalue weighted by Crippen LogP contribution is 2.29. The summed E-state index contributed by atoms with van der Waals surface area (Å²) in [7, 11) is 0. The van der Waals surface area contributed by atoms with Gasteiger partial charge >= 0.3 is 0 Å². The van der Waals surface area contributed by atoms with Crippen molar-refractivity contribution in [2.45, 2.75) is 70.9 Å². The summed E-state index contributed by atoms with van der Waals surface area (Å²) in [5, 5.41) is 3.69. The zero-order valence-corrected chi connectivity index (χ0v) is 12.0. The van der Waals surface area contributed by atoms with Crippen molar-refractivity contribution in [3.05, 3.63) is 0 Å². The first-order chi connectivity index (χ1) is 8.04. The molecule has 1 unspecified atom stereocenters. The highest BCUT2D eigenvalue weighted by atomic mass is 15.2. The zero-order valence-electron chi connectivity index (χ0n) is 12.0. The Bertz CT molecular complexity index is 228. The molecule has 1 aliphatic carbocycles. The molecule has 2 heteroatoms. The number of rotatable bonds is 4. The lowest BCUT2D eigenvalue weighted by Crippen LogP contribution is -2.51. The molecule has 0 aromatic carbocycles. The number of nitrogens with zero attached hydrogens (tertiary/aromatic N) is 1. The molecule has 1 saturated heterocycles. The van der Waals surface area contributed by atoms with Gasteiger partial charge < -0.3 is 5.32 Å². The van der Waals surface area contributed by atoms with Crippen molar-refractivity contribution >= 4 is 0 Å². The topological polar surface area (TPSA) is 15.3 Å². The Hall–Kier alpha value is -0.0800. The largest absolute Gasteiger partial charge is 0.311 e. The molecule has 0 aromatic rings. The number of piperidine rings is 1. The minimum Gasteiger partial charge on any atom is -0.311 e. The summed E-state index contributed by atoms with van der Waals surface area (Å²) in [5.74, 6) is 1.02. The fourth-order valence-corrected chi connectivity index (χ4v) is 2.96. The molecule has 0 radical (unpaired) electrons. The van der Waals surface area contributed by atoms with Crippen LogP contribution in [0.4, 0.5) is 0 Å². The van der Waals surface area contributed by atoms with Crippen LogP contribution in [0.5, 0.6) is 0 Å². The fraction of sp³-hybridized carbons (Fsp3) is 1.00. The summed E-state index contributed by atoms with van der Waals surface area (Å²) in [6.45, 7) is 10.7. The molecule has 0 spiro atoms. The molecular weight excluding hydrogens is 208 g/mol. The van der Waals surface area contributed by atoms with Gasteiger partial charge in [-0.05, 0) is 58.9 Å². The molecule has 1 saturated carbocycles. The smallest absolute Gasteiger partial charge is 0.0220 e. The van der Waals surface area contributed by atoms with Gasteiger partial charge in [0, 0.05) is 24.7 Å². The van der Waals surface area contributed by atoms with E-state index in [1.165, 1.54) is 58.2 Å². The van der Waals surface area contributed by atoms with E-state index >= 15 is 0 Å². The molecule has 2 aliphatic rings. The van der Waals surface area contributed by atoms with E-state index < -0.39 is 0 Å². The average molecular weight is 238 g/mol. The van der Waals surface area contributed by atoms with E-state index in [-0.39, 0.29) is 5.54 Å². The maximum absolute atomic E-state index is 3.69. The third kappa shape index (κ3) is 4.26. The van der Waals surface area contributed by atoms with E-state index in [2.05, 4.69) is 31.0 Å². The van der Waals surface area contributed by atoms with Gasteiger partial charge in [0.25, 0.3) is 0 Å². The maximum atomic E-state index is 3.69. The van der Waals surface area contributed by atoms with Crippen LogP contribution in [0.3, 0.4) is 0 Å². The van der Waals surface area contributed by atoms with E-state index in [9.17, 15) is 0 Å². The minimum atomic E-state index is 0.263. The predicted molar refractivity (Wildman–Crippen MR) is 74.3 cm³/mol. The summed E-state index contributed by atoms with van der Waals surface area (Å²) in [6.07, 6.45) is 8.68. The second-order valence-electron chi connectivity index (χ2n) is 7.07. The first-order valence-electron chi connectivity index (χ1n) is 7.54. The molecular formula is C15H30N2. The van der Waals surface area contributed by atoms with Crippen molar-refractivity contribution in [2.24, 2.45) is 5.92 Å². The van der Waals surface area contributed by atoms with E-state index in [0.29, 0.717) is 0 Å². The summed E-state index contributed by atoms with van der Waals surface area (Å²) in [5.41, 5.74) is 0.263. The molecule has 0 aromatic heterocycles. The molecule has 2 fully saturated rings. The van der Waals surface area contributed by atoms with Crippen LogP contribution in [0.25, 0.3) is 0 Å². The first kappa shape index (κ1) is 13.4. The SMILES string of the molecule is CC(C)(C)NCC1CCCCN1CC1CCC1. The molecule has 2 rings (SSSR count). The molecule has 100 valence electrons. The quantitative estimate of drug-likeness (QED) is 0.810. The van der Waals surface area contributed by atoms with Gasteiger partial charge in [-0.15, -0.1) is 0 Å². The number of hydrogen-bond donors (Lipinski definition) is 1. The van der Waals surface area contributed by atoms with Crippen molar-refractivity contribution in [2.75, 3.05) is 19.6 Å². The van der Waals surface area contributed by atoms with E-state index in [0.717, 1.165) is 12.0 Å². The van der Waals surface area contributed by atoms with Gasteiger partial charge in [0.05, 0.1) is 0 Å². The van der Waals surface area contributed by atoms with E-state index in [1.54, 1.807) is 0 Å². The second kappa shape index (κ2) is 5.71. The van der Waals surface area contributed by atoms with Crippen LogP contribution < -0.4 is 5.32 Å². The monoisotopic (exact) mass is 238 g/mol. The standard InChI is InChI=1S/C15H30N2/c1-15(2,3)16-11-14-9-4-5-10-17(14)12-13-7-6-8-13/h13-14,16H,4-12H2,1-3H3. The van der Waals surface area contributed by atoms with Crippen molar-refractivity contribution < 1.29 is 0 Å². The average Bonchev–Trinajstić information content (AvgIpc) is 2.21. The Labute approximate surface area is 107 Å². The normalized spacial score (nSPS) is 28.1. The number of hydrogen-bond acceptors (Lipinski definition) is 2. The third-order valence-electron chi connectivity index (χ3n) is 4.33. The van der Waals surface area contributed by atoms with Crippen LogP contribution in [-0.4, -0.2) is 36.1 Å². The van der Waals surface area contributed by atoms with Gasteiger partial charge in [0.1, 0.15) is 0 Å². The zero-order chi connectivity index (χ0) is 12.3. The lowest BCUT2D eigenvalue weighted by Gasteiger charge is -2.41. The van der Waals surface area contributed by atoms with Crippen LogP contribution in [0.1, 0.15) is 59.3 Å². The van der Waals surface area contributed by atoms with Crippen molar-refractivity contribution in [3.8, 4) is 0 Å². The Balaban J connectivity index is 1.78. The van der Waals surface area contributed by atoms with Crippen molar-refractivity contribution in [1.29, 1.82) is 0 Å². The van der Waals surface area contributed by atoms with E-state index in [1.807, 2.05) is 0 Å². The van der Waals surface area contributed by atoms with Gasteiger partial charge in [-0.3, -0.25) is 4.90 Å². The summed E-state index contributed by atoms with van der Waals surface area (Å²) < 4.78 is 0. The van der Waals surface area contributed by atoms with Crippen LogP contribution in [0.2, 0.25) is 0 Å². The van der Waals surface area contributed by atoms with Crippen molar-refractivity contribution in [3.63, 3.8) is 0 Å². The molecule has 0 bridgehead atoms. The fourth-order valence-electron chi connectivity index (χ4n) is 2.96. The van der Waals surface area contributed by atoms with Gasteiger partial charge in [-0.2, -0.15) is 0 Å². The first-order valence-corrected chi connectivity index (χ1v) is 7.54. The van der Waals surface area contributed by atoms with E-state index in [4.69, 9.17) is 0 Å². The molecule has 1 atom stereocenters. The summed E-state index contributed by atoms with van der Waals surface area (Å²) in [6, 6.07) is 0.795. The molecule has 2 nitrogen and oxygen atoms in total. The molecule has 0 amide bonds. The number of likely N-dealkylation sites (tertiary alicyclic amines) is 1. The Morgan fingerprint density at radius 3 is 2.41 bits per heavy atom. The van der Waals surface area contributed by atoms with Crippen LogP contribution in [0.15, 0.2) is 0 Å². The molecule has 1 aliphatic heterocycles. The van der Waals surface area contributed by atoms with Crippen LogP contribution in [-0.2, 0) is 0 Å². The number of nitrogens with one attached hydrogen (secondary N) is 1. The lowest BCUT2D eigenvalue weighted by molar-refractivity contribution is 0.0957. The maximum Gasteiger partial charge on any atom is 0.0220 e. The lowest BCUT2D eigenvalue weighted by atomic mass is 9.84. The van der Waals surface area contributed by atoms with Gasteiger partial charge in [0.15, 0.2) is 0 Å². The molecule has 1 N–H and O–H groups in total. The van der Waals surface area contributed by atoms with Crippen LogP contribution >= 0.6 is 0 Å². The highest BCUT2D eigenvalue weighted by molar-refractivity contribution is 4.84. The Morgan fingerprint density at radius 2 is 1.82 bits per heavy atom. The van der Waals surface area contributed by atoms with Crippen LogP contribution in [0, 0.1) is 5.92 Å². The third-order valence-corrected chi connectivity index (χ3v) is 4.33. The van der Waals surface area contributed by atoms with Crippen molar-refractivity contribution in [1.82, 2.24) is 10.2 Å². The second-order valence-corrected chi connectivity index (χ2v) is 7.07. The summed E-state index contributed by atoms with van der Waals surface area (Å²) in [4.78, 5) is 2.77. The van der Waals surface area contributed by atoms with Gasteiger partial charge in [-0.1, -0.05) is 12.8 Å². The minimum absolute atomic E-state index is 0.263. The summed E-state index contributed by atoms with van der Waals surface area (Å²) >= 11 is 0. The molecule has 1 heterocycles. The van der Waals surface area contributed by atoms with Gasteiger partial charge in [0.2, 0.25) is 0 Å².